The van der Waals surface area contributed by atoms with Crippen LogP contribution >= 0.6 is 0 Å². The number of Topliss-reactive ketones (excluding diaryl/α,β-unsaturated/α-hetero) is 1. The van der Waals surface area contributed by atoms with E-state index in [2.05, 4.69) is 6.92 Å². The molecule has 0 bridgehead atoms. The van der Waals surface area contributed by atoms with Gasteiger partial charge >= 0.3 is 0 Å². The van der Waals surface area contributed by atoms with Gasteiger partial charge in [0.05, 0.1) is 25.3 Å². The fraction of sp³-hybridized carbons (Fsp3) is 0.267. The Balaban J connectivity index is 1.77. The zero-order chi connectivity index (χ0) is 25.7. The maximum Gasteiger partial charge on any atom is 0.294 e. The lowest BCUT2D eigenvalue weighted by Gasteiger charge is -2.27. The first kappa shape index (κ1) is 25.0. The highest BCUT2D eigenvalue weighted by Crippen LogP contribution is 2.43. The smallest absolute Gasteiger partial charge is 0.294 e. The minimum absolute atomic E-state index is 0.100. The van der Waals surface area contributed by atoms with Crippen molar-refractivity contribution in [3.63, 3.8) is 0 Å². The van der Waals surface area contributed by atoms with Gasteiger partial charge in [0.1, 0.15) is 0 Å². The van der Waals surface area contributed by atoms with Crippen LogP contribution in [0.1, 0.15) is 43.0 Å². The predicted molar refractivity (Wildman–Crippen MR) is 140 cm³/mol. The van der Waals surface area contributed by atoms with E-state index in [1.165, 1.54) is 4.90 Å². The van der Waals surface area contributed by atoms with Gasteiger partial charge < -0.3 is 14.6 Å². The Hall–Kier alpha value is -4.06. The highest BCUT2D eigenvalue weighted by Gasteiger charge is 2.44. The fourth-order valence-corrected chi connectivity index (χ4v) is 4.53. The molecule has 6 heteroatoms. The molecule has 3 aromatic rings. The minimum Gasteiger partial charge on any atom is -0.503 e. The summed E-state index contributed by atoms with van der Waals surface area (Å²) in [6.45, 7) is 4.36. The van der Waals surface area contributed by atoms with Crippen LogP contribution in [-0.2, 0) is 22.4 Å². The van der Waals surface area contributed by atoms with E-state index in [0.717, 1.165) is 17.5 Å². The average molecular weight is 486 g/mol. The summed E-state index contributed by atoms with van der Waals surface area (Å²) >= 11 is 0. The lowest BCUT2D eigenvalue weighted by molar-refractivity contribution is -0.118. The van der Waals surface area contributed by atoms with E-state index in [0.29, 0.717) is 35.8 Å². The van der Waals surface area contributed by atoms with Crippen molar-refractivity contribution in [2.24, 2.45) is 0 Å². The number of carbonyl (C=O) groups is 2. The molecule has 6 nitrogen and oxygen atoms in total. The first-order chi connectivity index (χ1) is 17.5. The molecular weight excluding hydrogens is 454 g/mol. The molecule has 1 aliphatic rings. The van der Waals surface area contributed by atoms with Crippen molar-refractivity contribution in [1.82, 2.24) is 0 Å². The van der Waals surface area contributed by atoms with E-state index in [1.807, 2.05) is 61.5 Å². The number of methoxy groups -OCH3 is 1. The molecule has 186 valence electrons. The Morgan fingerprint density at radius 3 is 2.31 bits per heavy atom. The van der Waals surface area contributed by atoms with Gasteiger partial charge in [-0.1, -0.05) is 55.5 Å². The number of amides is 1. The lowest BCUT2D eigenvalue weighted by Crippen LogP contribution is -2.31. The van der Waals surface area contributed by atoms with Crippen LogP contribution in [0, 0.1) is 0 Å². The van der Waals surface area contributed by atoms with E-state index < -0.39 is 17.7 Å². The van der Waals surface area contributed by atoms with Gasteiger partial charge in [-0.2, -0.15) is 0 Å². The number of benzene rings is 3. The number of aryl methyl sites for hydroxylation is 2. The third-order valence-electron chi connectivity index (χ3n) is 6.42. The number of hydrogen-bond acceptors (Lipinski definition) is 5. The number of carbonyl (C=O) groups excluding carboxylic acids is 2. The summed E-state index contributed by atoms with van der Waals surface area (Å²) in [7, 11) is 1.56. The summed E-state index contributed by atoms with van der Waals surface area (Å²) in [6, 6.07) is 21.8. The van der Waals surface area contributed by atoms with Crippen molar-refractivity contribution in [3.8, 4) is 11.5 Å². The van der Waals surface area contributed by atoms with Crippen LogP contribution in [0.15, 0.2) is 84.1 Å². The molecule has 1 heterocycles. The molecule has 4 rings (SSSR count). The Labute approximate surface area is 211 Å². The molecule has 0 saturated heterocycles. The lowest BCUT2D eigenvalue weighted by atomic mass is 9.92. The van der Waals surface area contributed by atoms with E-state index in [4.69, 9.17) is 9.47 Å². The van der Waals surface area contributed by atoms with Gasteiger partial charge in [0.2, 0.25) is 0 Å². The molecule has 1 unspecified atom stereocenters. The second kappa shape index (κ2) is 11.1. The van der Waals surface area contributed by atoms with Crippen LogP contribution in [0.3, 0.4) is 0 Å². The molecule has 1 N–H and O–H groups in total. The largest absolute Gasteiger partial charge is 0.503 e. The summed E-state index contributed by atoms with van der Waals surface area (Å²) in [5.74, 6) is -0.314. The highest BCUT2D eigenvalue weighted by molar-refractivity contribution is 6.16. The number of rotatable bonds is 10. The number of aliphatic hydroxyl groups is 1. The summed E-state index contributed by atoms with van der Waals surface area (Å²) in [5.41, 5.74) is 3.50. The molecule has 36 heavy (non-hydrogen) atoms. The molecule has 0 radical (unpaired) electrons. The summed E-state index contributed by atoms with van der Waals surface area (Å²) in [6.07, 6.45) is 1.54. The van der Waals surface area contributed by atoms with Crippen molar-refractivity contribution in [2.45, 2.75) is 39.2 Å². The number of hydrogen-bond donors (Lipinski definition) is 1. The molecular formula is C30H31NO5. The Morgan fingerprint density at radius 2 is 1.67 bits per heavy atom. The first-order valence-corrected chi connectivity index (χ1v) is 12.2. The topological polar surface area (TPSA) is 76.1 Å². The van der Waals surface area contributed by atoms with E-state index in [9.17, 15) is 14.7 Å². The number of nitrogens with zero attached hydrogens (tertiary/aromatic N) is 1. The van der Waals surface area contributed by atoms with Gasteiger partial charge in [0, 0.05) is 12.1 Å². The third-order valence-corrected chi connectivity index (χ3v) is 6.42. The summed E-state index contributed by atoms with van der Waals surface area (Å²) in [5, 5.41) is 11.0. The van der Waals surface area contributed by atoms with E-state index in [1.54, 1.807) is 25.3 Å². The number of ether oxygens (including phenoxy) is 2. The number of ketones is 1. The predicted octanol–water partition coefficient (Wildman–Crippen LogP) is 5.76. The van der Waals surface area contributed by atoms with Gasteiger partial charge in [-0.05, 0) is 60.7 Å². The van der Waals surface area contributed by atoms with Crippen LogP contribution < -0.4 is 14.4 Å². The van der Waals surface area contributed by atoms with Crippen molar-refractivity contribution in [3.05, 3.63) is 101 Å². The van der Waals surface area contributed by atoms with Crippen molar-refractivity contribution in [2.75, 3.05) is 18.6 Å². The van der Waals surface area contributed by atoms with Crippen LogP contribution in [0.2, 0.25) is 0 Å². The van der Waals surface area contributed by atoms with Gasteiger partial charge in [-0.15, -0.1) is 0 Å². The molecule has 0 aromatic heterocycles. The number of aliphatic hydroxyl groups excluding tert-OH is 1. The van der Waals surface area contributed by atoms with Gasteiger partial charge in [0.25, 0.3) is 5.91 Å². The fourth-order valence-electron chi connectivity index (χ4n) is 4.53. The Kier molecular flexibility index (Phi) is 7.74. The zero-order valence-corrected chi connectivity index (χ0v) is 20.9. The molecule has 0 spiro atoms. The van der Waals surface area contributed by atoms with Gasteiger partial charge in [0.15, 0.2) is 23.0 Å². The average Bonchev–Trinajstić information content (AvgIpc) is 3.18. The van der Waals surface area contributed by atoms with E-state index in [-0.39, 0.29) is 17.8 Å². The molecule has 1 atom stereocenters. The Bertz CT molecular complexity index is 1260. The van der Waals surface area contributed by atoms with Crippen molar-refractivity contribution >= 4 is 17.4 Å². The SMILES string of the molecule is CCOc1cc(C2C(C(=O)CCc3ccccc3)=C(O)C(=O)N2c2ccc(CC)cc2)ccc1OC. The van der Waals surface area contributed by atoms with Gasteiger partial charge in [-0.25, -0.2) is 0 Å². The molecule has 0 fully saturated rings. The second-order valence-corrected chi connectivity index (χ2v) is 8.61. The monoisotopic (exact) mass is 485 g/mol. The molecule has 0 aliphatic carbocycles. The normalized spacial score (nSPS) is 15.4. The van der Waals surface area contributed by atoms with Crippen LogP contribution in [-0.4, -0.2) is 30.5 Å². The standard InChI is InChI=1S/C30H31NO5/c1-4-20-11-15-23(16-12-20)31-28(22-14-18-25(35-3)26(19-22)36-5-2)27(29(33)30(31)34)24(32)17-13-21-9-7-6-8-10-21/h6-12,14-16,18-19,28,33H,4-5,13,17H2,1-3H3. The van der Waals surface area contributed by atoms with Crippen molar-refractivity contribution in [1.29, 1.82) is 0 Å². The number of anilines is 1. The summed E-state index contributed by atoms with van der Waals surface area (Å²) < 4.78 is 11.2. The highest BCUT2D eigenvalue weighted by atomic mass is 16.5. The molecule has 0 saturated carbocycles. The Morgan fingerprint density at radius 1 is 0.944 bits per heavy atom. The van der Waals surface area contributed by atoms with Gasteiger partial charge in [-0.3, -0.25) is 14.5 Å². The molecule has 1 amide bonds. The minimum atomic E-state index is -0.793. The molecule has 1 aliphatic heterocycles. The zero-order valence-electron chi connectivity index (χ0n) is 20.9. The maximum absolute atomic E-state index is 13.5. The van der Waals surface area contributed by atoms with Crippen molar-refractivity contribution < 1.29 is 24.2 Å². The van der Waals surface area contributed by atoms with Crippen LogP contribution in [0.25, 0.3) is 0 Å². The third kappa shape index (κ3) is 4.98. The van der Waals surface area contributed by atoms with Crippen LogP contribution in [0.4, 0.5) is 5.69 Å². The van der Waals surface area contributed by atoms with E-state index >= 15 is 0 Å². The first-order valence-electron chi connectivity index (χ1n) is 12.2. The summed E-state index contributed by atoms with van der Waals surface area (Å²) in [4.78, 5) is 28.4. The quantitative estimate of drug-likeness (QED) is 0.395. The van der Waals surface area contributed by atoms with Crippen LogP contribution in [0.5, 0.6) is 11.5 Å². The molecule has 3 aromatic carbocycles. The second-order valence-electron chi connectivity index (χ2n) is 8.61. The maximum atomic E-state index is 13.5.